The second-order valence-corrected chi connectivity index (χ2v) is 6.00. The van der Waals surface area contributed by atoms with Crippen molar-refractivity contribution in [1.82, 2.24) is 15.2 Å². The first kappa shape index (κ1) is 14.5. The number of rotatable bonds is 5. The van der Waals surface area contributed by atoms with E-state index in [-0.39, 0.29) is 0 Å². The van der Waals surface area contributed by atoms with Gasteiger partial charge >= 0.3 is 0 Å². The Bertz CT molecular complexity index is 388. The summed E-state index contributed by atoms with van der Waals surface area (Å²) in [6, 6.07) is 1.05. The highest BCUT2D eigenvalue weighted by atomic mass is 16.3. The van der Waals surface area contributed by atoms with Gasteiger partial charge in [-0.25, -0.2) is 4.98 Å². The van der Waals surface area contributed by atoms with E-state index in [0.29, 0.717) is 18.0 Å². The van der Waals surface area contributed by atoms with Crippen LogP contribution in [0.2, 0.25) is 0 Å². The Kier molecular flexibility index (Phi) is 4.99. The van der Waals surface area contributed by atoms with E-state index in [9.17, 15) is 0 Å². The fraction of sp³-hybridized carbons (Fsp3) is 0.800. The topological polar surface area (TPSA) is 41.3 Å². The number of nitrogens with one attached hydrogen (secondary N) is 1. The molecule has 2 rings (SSSR count). The van der Waals surface area contributed by atoms with Gasteiger partial charge < -0.3 is 14.6 Å². The van der Waals surface area contributed by atoms with Crippen LogP contribution in [-0.2, 0) is 6.42 Å². The zero-order valence-electron chi connectivity index (χ0n) is 12.6. The number of hydrogen-bond acceptors (Lipinski definition) is 4. The normalized spacial score (nSPS) is 22.9. The van der Waals surface area contributed by atoms with E-state index in [1.165, 1.54) is 19.4 Å². The van der Waals surface area contributed by atoms with Crippen molar-refractivity contribution in [2.24, 2.45) is 0 Å². The van der Waals surface area contributed by atoms with Gasteiger partial charge in [-0.15, -0.1) is 0 Å². The van der Waals surface area contributed by atoms with Gasteiger partial charge in [-0.2, -0.15) is 0 Å². The summed E-state index contributed by atoms with van der Waals surface area (Å²) in [5.74, 6) is 1.40. The van der Waals surface area contributed by atoms with Crippen LogP contribution in [0.3, 0.4) is 0 Å². The number of nitrogens with zero attached hydrogens (tertiary/aromatic N) is 2. The lowest BCUT2D eigenvalue weighted by Gasteiger charge is -2.34. The molecule has 0 aliphatic carbocycles. The van der Waals surface area contributed by atoms with Gasteiger partial charge in [0.25, 0.3) is 0 Å². The molecule has 19 heavy (non-hydrogen) atoms. The maximum atomic E-state index is 5.71. The first-order valence-corrected chi connectivity index (χ1v) is 7.45. The minimum absolute atomic E-state index is 0.441. The van der Waals surface area contributed by atoms with Crippen LogP contribution in [0, 0.1) is 0 Å². The Labute approximate surface area is 116 Å². The van der Waals surface area contributed by atoms with E-state index in [1.807, 2.05) is 13.3 Å². The number of piperidine rings is 1. The number of aromatic nitrogens is 1. The molecule has 1 saturated heterocycles. The molecule has 0 bridgehead atoms. The second-order valence-electron chi connectivity index (χ2n) is 6.00. The fourth-order valence-electron chi connectivity index (χ4n) is 2.70. The smallest absolute Gasteiger partial charge is 0.198 e. The van der Waals surface area contributed by atoms with Crippen LogP contribution in [0.25, 0.3) is 0 Å². The monoisotopic (exact) mass is 265 g/mol. The van der Waals surface area contributed by atoms with Crippen molar-refractivity contribution in [3.8, 4) is 0 Å². The first-order valence-electron chi connectivity index (χ1n) is 7.45. The lowest BCUT2D eigenvalue weighted by molar-refractivity contribution is 0.157. The van der Waals surface area contributed by atoms with Gasteiger partial charge in [0.15, 0.2) is 5.89 Å². The van der Waals surface area contributed by atoms with Crippen LogP contribution in [0.15, 0.2) is 10.7 Å². The molecule has 4 nitrogen and oxygen atoms in total. The molecule has 0 amide bonds. The summed E-state index contributed by atoms with van der Waals surface area (Å²) in [7, 11) is 1.98. The molecular formula is C15H27N3O. The van der Waals surface area contributed by atoms with Crippen molar-refractivity contribution in [1.29, 1.82) is 0 Å². The Hall–Kier alpha value is -0.870. The third-order valence-electron chi connectivity index (χ3n) is 4.11. The second kappa shape index (κ2) is 6.53. The fourth-order valence-corrected chi connectivity index (χ4v) is 2.70. The van der Waals surface area contributed by atoms with Crippen molar-refractivity contribution in [3.63, 3.8) is 0 Å². The van der Waals surface area contributed by atoms with Gasteiger partial charge in [0.2, 0.25) is 0 Å². The summed E-state index contributed by atoms with van der Waals surface area (Å²) in [6.45, 7) is 8.98. The van der Waals surface area contributed by atoms with Gasteiger partial charge in [-0.05, 0) is 47.2 Å². The van der Waals surface area contributed by atoms with Crippen molar-refractivity contribution >= 4 is 0 Å². The van der Waals surface area contributed by atoms with Gasteiger partial charge in [-0.1, -0.05) is 0 Å². The van der Waals surface area contributed by atoms with Crippen molar-refractivity contribution in [3.05, 3.63) is 17.8 Å². The third kappa shape index (κ3) is 3.80. The highest BCUT2D eigenvalue weighted by Crippen LogP contribution is 2.27. The average Bonchev–Trinajstić information content (AvgIpc) is 2.87. The number of likely N-dealkylation sites (tertiary alicyclic amines) is 1. The van der Waals surface area contributed by atoms with E-state index in [4.69, 9.17) is 4.42 Å². The Morgan fingerprint density at radius 3 is 2.95 bits per heavy atom. The number of oxazole rings is 1. The molecule has 1 aromatic heterocycles. The van der Waals surface area contributed by atoms with E-state index in [0.717, 1.165) is 24.6 Å². The molecule has 1 aliphatic heterocycles. The van der Waals surface area contributed by atoms with Crippen LogP contribution in [0.4, 0.5) is 0 Å². The van der Waals surface area contributed by atoms with E-state index in [1.54, 1.807) is 0 Å². The van der Waals surface area contributed by atoms with Crippen LogP contribution >= 0.6 is 0 Å². The highest BCUT2D eigenvalue weighted by molar-refractivity contribution is 5.04. The Balaban J connectivity index is 1.97. The van der Waals surface area contributed by atoms with Gasteiger partial charge in [0, 0.05) is 31.0 Å². The Morgan fingerprint density at radius 1 is 1.47 bits per heavy atom. The van der Waals surface area contributed by atoms with E-state index >= 15 is 0 Å². The molecule has 0 aromatic carbocycles. The quantitative estimate of drug-likeness (QED) is 0.887. The molecule has 4 heteroatoms. The molecule has 108 valence electrons. The van der Waals surface area contributed by atoms with E-state index in [2.05, 4.69) is 36.0 Å². The SMILES string of the molecule is CNC(C)Cc1coc(C2CCCN(C(C)C)C2)n1. The summed E-state index contributed by atoms with van der Waals surface area (Å²) in [4.78, 5) is 7.20. The predicted molar refractivity (Wildman–Crippen MR) is 77.4 cm³/mol. The largest absolute Gasteiger partial charge is 0.448 e. The number of hydrogen-bond donors (Lipinski definition) is 1. The predicted octanol–water partition coefficient (Wildman–Crippen LogP) is 2.41. The zero-order chi connectivity index (χ0) is 13.8. The Morgan fingerprint density at radius 2 is 2.26 bits per heavy atom. The summed E-state index contributed by atoms with van der Waals surface area (Å²) < 4.78 is 5.71. The minimum Gasteiger partial charge on any atom is -0.448 e. The van der Waals surface area contributed by atoms with Crippen LogP contribution < -0.4 is 5.32 Å². The molecule has 1 aromatic rings. The maximum Gasteiger partial charge on any atom is 0.198 e. The highest BCUT2D eigenvalue weighted by Gasteiger charge is 2.26. The molecule has 1 aliphatic rings. The molecule has 0 radical (unpaired) electrons. The molecular weight excluding hydrogens is 238 g/mol. The lowest BCUT2D eigenvalue weighted by atomic mass is 9.97. The van der Waals surface area contributed by atoms with Gasteiger partial charge in [0.05, 0.1) is 5.69 Å². The van der Waals surface area contributed by atoms with Crippen molar-refractivity contribution in [2.45, 2.75) is 58.0 Å². The first-order chi connectivity index (χ1) is 9.10. The van der Waals surface area contributed by atoms with Crippen molar-refractivity contribution < 1.29 is 4.42 Å². The van der Waals surface area contributed by atoms with Crippen LogP contribution in [0.5, 0.6) is 0 Å². The van der Waals surface area contributed by atoms with E-state index < -0.39 is 0 Å². The average molecular weight is 265 g/mol. The molecule has 1 fully saturated rings. The summed E-state index contributed by atoms with van der Waals surface area (Å²) >= 11 is 0. The molecule has 2 heterocycles. The van der Waals surface area contributed by atoms with Gasteiger partial charge in [-0.3, -0.25) is 0 Å². The lowest BCUT2D eigenvalue weighted by Crippen LogP contribution is -2.39. The third-order valence-corrected chi connectivity index (χ3v) is 4.11. The van der Waals surface area contributed by atoms with Crippen LogP contribution in [0.1, 0.15) is 51.1 Å². The van der Waals surface area contributed by atoms with Crippen LogP contribution in [-0.4, -0.2) is 42.1 Å². The zero-order valence-corrected chi connectivity index (χ0v) is 12.6. The molecule has 0 saturated carbocycles. The van der Waals surface area contributed by atoms with Crippen molar-refractivity contribution in [2.75, 3.05) is 20.1 Å². The number of likely N-dealkylation sites (N-methyl/N-ethyl adjacent to an activating group) is 1. The molecule has 2 unspecified atom stereocenters. The standard InChI is InChI=1S/C15H27N3O/c1-11(2)18-7-5-6-13(9-18)15-17-14(10-19-15)8-12(3)16-4/h10-13,16H,5-9H2,1-4H3. The minimum atomic E-state index is 0.441. The van der Waals surface area contributed by atoms with Gasteiger partial charge in [0.1, 0.15) is 6.26 Å². The molecule has 2 atom stereocenters. The summed E-state index contributed by atoms with van der Waals surface area (Å²) in [5.41, 5.74) is 1.07. The summed E-state index contributed by atoms with van der Waals surface area (Å²) in [5, 5.41) is 3.23. The summed E-state index contributed by atoms with van der Waals surface area (Å²) in [6.07, 6.45) is 5.20. The molecule has 0 spiro atoms. The maximum absolute atomic E-state index is 5.71. The molecule has 1 N–H and O–H groups in total.